The molecule has 2 heterocycles. The number of anilines is 1. The fourth-order valence-electron chi connectivity index (χ4n) is 3.95. The van der Waals surface area contributed by atoms with Gasteiger partial charge in [0.05, 0.1) is 4.90 Å². The number of rotatable bonds is 6. The van der Waals surface area contributed by atoms with E-state index in [4.69, 9.17) is 0 Å². The number of hydrogen-bond donors (Lipinski definition) is 1. The third kappa shape index (κ3) is 5.11. The van der Waals surface area contributed by atoms with E-state index < -0.39 is 21.2 Å². The van der Waals surface area contributed by atoms with Crippen molar-refractivity contribution in [3.8, 4) is 0 Å². The number of nitrogens with zero attached hydrogens (tertiary/aromatic N) is 3. The monoisotopic (exact) mass is 454 g/mol. The molecule has 166 valence electrons. The van der Waals surface area contributed by atoms with Crippen LogP contribution in [0.25, 0.3) is 0 Å². The maximum Gasteiger partial charge on any atom is 0.332 e. The van der Waals surface area contributed by atoms with E-state index in [-0.39, 0.29) is 11.9 Å². The molecule has 0 saturated carbocycles. The molecule has 4 rings (SSSR count). The summed E-state index contributed by atoms with van der Waals surface area (Å²) < 4.78 is 35.6. The van der Waals surface area contributed by atoms with E-state index >= 15 is 0 Å². The van der Waals surface area contributed by atoms with Crippen LogP contribution in [0.3, 0.4) is 0 Å². The highest BCUT2D eigenvalue weighted by atomic mass is 32.3. The number of benzene rings is 2. The predicted molar refractivity (Wildman–Crippen MR) is 118 cm³/mol. The molecule has 1 aliphatic rings. The summed E-state index contributed by atoms with van der Waals surface area (Å²) in [5.41, 5.74) is 1.77. The minimum Gasteiger partial charge on any atom is -0.341 e. The van der Waals surface area contributed by atoms with Crippen molar-refractivity contribution in [1.29, 1.82) is 0 Å². The van der Waals surface area contributed by atoms with Gasteiger partial charge in [0.15, 0.2) is 0 Å². The van der Waals surface area contributed by atoms with Crippen molar-refractivity contribution < 1.29 is 17.1 Å². The Morgan fingerprint density at radius 1 is 0.969 bits per heavy atom. The first-order chi connectivity index (χ1) is 15.4. The molecule has 3 aromatic rings. The number of carbonyl (C=O) groups excluding carboxylic acids is 1. The van der Waals surface area contributed by atoms with Crippen LogP contribution in [0.15, 0.2) is 78.0 Å². The van der Waals surface area contributed by atoms with Crippen LogP contribution in [0.1, 0.15) is 35.9 Å². The summed E-state index contributed by atoms with van der Waals surface area (Å²) in [6.45, 7) is 1.20. The van der Waals surface area contributed by atoms with Crippen LogP contribution in [-0.4, -0.2) is 42.3 Å². The smallest absolute Gasteiger partial charge is 0.332 e. The lowest BCUT2D eigenvalue weighted by Crippen LogP contribution is -2.42. The normalized spacial score (nSPS) is 15.8. The third-order valence-electron chi connectivity index (χ3n) is 5.66. The largest absolute Gasteiger partial charge is 0.341 e. The van der Waals surface area contributed by atoms with E-state index in [0.29, 0.717) is 24.6 Å². The number of nitrogens with one attached hydrogen (secondary N) is 1. The number of hydrogen-bond acceptors (Lipinski definition) is 6. The highest BCUT2D eigenvalue weighted by Crippen LogP contribution is 2.30. The Kier molecular flexibility index (Phi) is 6.45. The molecule has 1 unspecified atom stereocenters. The average Bonchev–Trinajstić information content (AvgIpc) is 2.83. The molecule has 0 radical (unpaired) electrons. The summed E-state index contributed by atoms with van der Waals surface area (Å²) >= 11 is 0. The van der Waals surface area contributed by atoms with Gasteiger partial charge in [-0.15, -0.1) is 3.89 Å². The van der Waals surface area contributed by atoms with Gasteiger partial charge in [0.2, 0.25) is 11.9 Å². The second-order valence-electron chi connectivity index (χ2n) is 7.67. The van der Waals surface area contributed by atoms with E-state index in [0.717, 1.165) is 25.0 Å². The van der Waals surface area contributed by atoms with Gasteiger partial charge >= 0.3 is 10.2 Å². The summed E-state index contributed by atoms with van der Waals surface area (Å²) in [4.78, 5) is 23.0. The molecule has 0 bridgehead atoms. The number of halogens is 1. The van der Waals surface area contributed by atoms with Gasteiger partial charge in [-0.3, -0.25) is 4.79 Å². The lowest BCUT2D eigenvalue weighted by atomic mass is 9.89. The first-order valence-electron chi connectivity index (χ1n) is 10.3. The molecular weight excluding hydrogens is 431 g/mol. The summed E-state index contributed by atoms with van der Waals surface area (Å²) in [5, 5.41) is 3.04. The molecular formula is C23H23FN4O3S. The van der Waals surface area contributed by atoms with Gasteiger partial charge < -0.3 is 10.2 Å². The van der Waals surface area contributed by atoms with Gasteiger partial charge in [-0.05, 0) is 48.1 Å². The Balaban J connectivity index is 1.54. The van der Waals surface area contributed by atoms with Gasteiger partial charge in [0.25, 0.3) is 0 Å². The van der Waals surface area contributed by atoms with Gasteiger partial charge in [0.1, 0.15) is 6.04 Å². The molecule has 1 atom stereocenters. The summed E-state index contributed by atoms with van der Waals surface area (Å²) in [5.74, 6) is 0.505. The van der Waals surface area contributed by atoms with E-state index in [2.05, 4.69) is 27.4 Å². The lowest BCUT2D eigenvalue weighted by molar-refractivity contribution is -0.133. The molecule has 7 nitrogen and oxygen atoms in total. The summed E-state index contributed by atoms with van der Waals surface area (Å²) in [6.07, 6.45) is 4.81. The summed E-state index contributed by atoms with van der Waals surface area (Å²) in [7, 11) is -4.82. The van der Waals surface area contributed by atoms with Crippen molar-refractivity contribution in [3.05, 3.63) is 84.2 Å². The van der Waals surface area contributed by atoms with Gasteiger partial charge in [-0.2, -0.15) is 8.42 Å². The maximum absolute atomic E-state index is 13.4. The first-order valence-corrected chi connectivity index (χ1v) is 11.7. The van der Waals surface area contributed by atoms with Crippen molar-refractivity contribution in [3.63, 3.8) is 0 Å². The van der Waals surface area contributed by atoms with Crippen LogP contribution < -0.4 is 5.32 Å². The molecule has 9 heteroatoms. The maximum atomic E-state index is 13.4. The van der Waals surface area contributed by atoms with Crippen LogP contribution in [0.2, 0.25) is 0 Å². The molecule has 2 aromatic carbocycles. The zero-order valence-corrected chi connectivity index (χ0v) is 18.1. The standard InChI is InChI=1S/C23H23FN4O3S/c24-32(30,31)20-9-7-19(8-10-20)21(27-23-25-13-4-14-26-23)22(29)28-15-11-18(12-16-28)17-5-2-1-3-6-17/h1-10,13-14,18,21H,11-12,15-16H2,(H,25,26,27). The van der Waals surface area contributed by atoms with Crippen LogP contribution in [-0.2, 0) is 15.0 Å². The van der Waals surface area contributed by atoms with Crippen LogP contribution in [0, 0.1) is 0 Å². The molecule has 1 aliphatic heterocycles. The van der Waals surface area contributed by atoms with Crippen molar-refractivity contribution in [2.75, 3.05) is 18.4 Å². The van der Waals surface area contributed by atoms with Crippen LogP contribution in [0.4, 0.5) is 9.83 Å². The molecule has 1 N–H and O–H groups in total. The van der Waals surface area contributed by atoms with Gasteiger partial charge in [-0.1, -0.05) is 42.5 Å². The topological polar surface area (TPSA) is 92.3 Å². The Morgan fingerprint density at radius 2 is 1.59 bits per heavy atom. The van der Waals surface area contributed by atoms with E-state index in [9.17, 15) is 17.1 Å². The molecule has 1 aromatic heterocycles. The molecule has 1 fully saturated rings. The van der Waals surface area contributed by atoms with Crippen LogP contribution >= 0.6 is 0 Å². The number of likely N-dealkylation sites (tertiary alicyclic amines) is 1. The van der Waals surface area contributed by atoms with E-state index in [1.165, 1.54) is 17.7 Å². The third-order valence-corrected chi connectivity index (χ3v) is 6.49. The SMILES string of the molecule is O=C(C(Nc1ncccn1)c1ccc(S(=O)(=O)F)cc1)N1CCC(c2ccccc2)CC1. The number of amides is 1. The first kappa shape index (κ1) is 21.9. The van der Waals surface area contributed by atoms with E-state index in [1.807, 2.05) is 18.2 Å². The number of aromatic nitrogens is 2. The van der Waals surface area contributed by atoms with Crippen molar-refractivity contribution >= 4 is 22.1 Å². The molecule has 0 spiro atoms. The minimum atomic E-state index is -4.82. The summed E-state index contributed by atoms with van der Waals surface area (Å²) in [6, 6.07) is 16.3. The predicted octanol–water partition coefficient (Wildman–Crippen LogP) is 3.69. The second kappa shape index (κ2) is 9.44. The molecule has 1 saturated heterocycles. The number of piperidine rings is 1. The Bertz CT molecular complexity index is 1150. The van der Waals surface area contributed by atoms with Gasteiger partial charge in [0, 0.05) is 25.5 Å². The van der Waals surface area contributed by atoms with Crippen LogP contribution in [0.5, 0.6) is 0 Å². The zero-order valence-electron chi connectivity index (χ0n) is 17.3. The van der Waals surface area contributed by atoms with E-state index in [1.54, 1.807) is 23.4 Å². The fourth-order valence-corrected chi connectivity index (χ4v) is 4.42. The Morgan fingerprint density at radius 3 is 2.19 bits per heavy atom. The Hall–Kier alpha value is -3.33. The highest BCUT2D eigenvalue weighted by molar-refractivity contribution is 7.86. The second-order valence-corrected chi connectivity index (χ2v) is 9.01. The van der Waals surface area contributed by atoms with Crippen molar-refractivity contribution in [1.82, 2.24) is 14.9 Å². The molecule has 32 heavy (non-hydrogen) atoms. The Labute approximate surface area is 186 Å². The quantitative estimate of drug-likeness (QED) is 0.571. The average molecular weight is 455 g/mol. The fraction of sp³-hybridized carbons (Fsp3) is 0.261. The van der Waals surface area contributed by atoms with Gasteiger partial charge in [-0.25, -0.2) is 9.97 Å². The lowest BCUT2D eigenvalue weighted by Gasteiger charge is -2.34. The van der Waals surface area contributed by atoms with Crippen molar-refractivity contribution in [2.45, 2.75) is 29.7 Å². The zero-order chi connectivity index (χ0) is 22.6. The molecule has 1 amide bonds. The van der Waals surface area contributed by atoms with Crippen molar-refractivity contribution in [2.24, 2.45) is 0 Å². The highest BCUT2D eigenvalue weighted by Gasteiger charge is 2.30. The molecule has 0 aliphatic carbocycles. The minimum absolute atomic E-state index is 0.167. The number of carbonyl (C=O) groups is 1.